The minimum absolute atomic E-state index is 0.102. The number of likely N-dealkylation sites (tertiary alicyclic amines) is 1. The topological polar surface area (TPSA) is 76.2 Å². The molecule has 0 aromatic heterocycles. The Morgan fingerprint density at radius 2 is 1.68 bits per heavy atom. The molecule has 2 amide bonds. The van der Waals surface area contributed by atoms with Crippen LogP contribution in [0, 0.1) is 5.92 Å². The molecule has 1 aliphatic rings. The van der Waals surface area contributed by atoms with Crippen molar-refractivity contribution in [2.45, 2.75) is 52.6 Å². The first kappa shape index (κ1) is 39.5. The number of hydrogen-bond donors (Lipinski definition) is 0. The predicted molar refractivity (Wildman–Crippen MR) is 187 cm³/mol. The van der Waals surface area contributed by atoms with E-state index in [2.05, 4.69) is 32.3 Å². The van der Waals surface area contributed by atoms with Gasteiger partial charge in [0.05, 0.1) is 12.5 Å². The molecule has 10 heteroatoms. The third kappa shape index (κ3) is 17.1. The van der Waals surface area contributed by atoms with Crippen molar-refractivity contribution in [3.63, 3.8) is 0 Å². The third-order valence-corrected chi connectivity index (χ3v) is 7.94. The highest BCUT2D eigenvalue weighted by Crippen LogP contribution is 2.33. The molecule has 1 atom stereocenters. The predicted octanol–water partition coefficient (Wildman–Crippen LogP) is 7.84. The van der Waals surface area contributed by atoms with Gasteiger partial charge in [-0.15, -0.1) is 6.58 Å². The molecule has 2 aromatic carbocycles. The molecule has 0 N–H and O–H groups in total. The van der Waals surface area contributed by atoms with Gasteiger partial charge in [-0.25, -0.2) is 10.0 Å². The first-order valence-corrected chi connectivity index (χ1v) is 18.5. The Morgan fingerprint density at radius 1 is 1.07 bits per heavy atom. The molecule has 2 aromatic rings. The van der Waals surface area contributed by atoms with E-state index in [4.69, 9.17) is 32.7 Å². The highest BCUT2D eigenvalue weighted by atomic mass is 35.5. The number of amides is 2. The Morgan fingerprint density at radius 3 is 2.18 bits per heavy atom. The quantitative estimate of drug-likeness (QED) is 0.112. The first-order chi connectivity index (χ1) is 20.6. The van der Waals surface area contributed by atoms with Crippen molar-refractivity contribution in [3.8, 4) is 0 Å². The molecule has 0 radical (unpaired) electrons. The van der Waals surface area contributed by atoms with Crippen molar-refractivity contribution in [1.82, 2.24) is 4.90 Å². The van der Waals surface area contributed by atoms with Crippen LogP contribution in [-0.4, -0.2) is 79.2 Å². The number of nitrogens with zero attached hydrogens (tertiary/aromatic N) is 2. The molecule has 0 aliphatic carbocycles. The van der Waals surface area contributed by atoms with Crippen LogP contribution in [0.4, 0.5) is 5.69 Å². The van der Waals surface area contributed by atoms with Crippen LogP contribution in [0.1, 0.15) is 47.0 Å². The van der Waals surface area contributed by atoms with Gasteiger partial charge in [0.1, 0.15) is 18.9 Å². The maximum atomic E-state index is 13.5. The van der Waals surface area contributed by atoms with Gasteiger partial charge in [0.15, 0.2) is 0 Å². The van der Waals surface area contributed by atoms with E-state index in [9.17, 15) is 14.4 Å². The van der Waals surface area contributed by atoms with Gasteiger partial charge < -0.3 is 14.4 Å². The molecule has 1 unspecified atom stereocenters. The number of esters is 1. The summed E-state index contributed by atoms with van der Waals surface area (Å²) in [5.74, 6) is -0.290. The second kappa shape index (κ2) is 19.8. The van der Waals surface area contributed by atoms with Gasteiger partial charge >= 0.3 is 5.97 Å². The zero-order valence-electron chi connectivity index (χ0n) is 27.3. The molecule has 0 saturated carbocycles. The Bertz CT molecular complexity index is 1180. The number of ether oxygens (including phenoxy) is 2. The van der Waals surface area contributed by atoms with E-state index in [0.717, 1.165) is 17.2 Å². The number of hydrogen-bond acceptors (Lipinski definition) is 5. The fourth-order valence-electron chi connectivity index (χ4n) is 3.81. The van der Waals surface area contributed by atoms with Crippen molar-refractivity contribution in [2.75, 3.05) is 55.8 Å². The average Bonchev–Trinajstić information content (AvgIpc) is 2.93. The molecule has 3 rings (SSSR count). The summed E-state index contributed by atoms with van der Waals surface area (Å²) in [5, 5.41) is 1.32. The van der Waals surface area contributed by atoms with Gasteiger partial charge in [0.2, 0.25) is 11.8 Å². The Labute approximate surface area is 276 Å². The molecular weight excluding hydrogens is 619 g/mol. The summed E-state index contributed by atoms with van der Waals surface area (Å²) < 4.78 is 11.2. The summed E-state index contributed by atoms with van der Waals surface area (Å²) in [6.07, 6.45) is 10.2. The number of anilines is 1. The zero-order valence-corrected chi connectivity index (χ0v) is 29.6. The second-order valence-electron chi connectivity index (χ2n) is 12.2. The Hall–Kier alpha value is -2.52. The van der Waals surface area contributed by atoms with E-state index in [-0.39, 0.29) is 38.1 Å². The van der Waals surface area contributed by atoms with Crippen molar-refractivity contribution in [3.05, 3.63) is 77.3 Å². The molecule has 1 fully saturated rings. The van der Waals surface area contributed by atoms with Gasteiger partial charge in [-0.05, 0) is 82.7 Å². The number of carbonyl (C=O) groups excluding carboxylic acids is 3. The van der Waals surface area contributed by atoms with Crippen molar-refractivity contribution in [2.24, 2.45) is 5.92 Å². The highest BCUT2D eigenvalue weighted by Gasteiger charge is 2.35. The molecule has 0 spiro atoms. The van der Waals surface area contributed by atoms with Crippen molar-refractivity contribution in [1.29, 1.82) is 0 Å². The molecule has 7 nitrogen and oxygen atoms in total. The van der Waals surface area contributed by atoms with Crippen molar-refractivity contribution >= 4 is 56.7 Å². The lowest BCUT2D eigenvalue weighted by atomic mass is 9.95. The molecule has 1 heterocycles. The van der Waals surface area contributed by atoms with Crippen LogP contribution in [0.2, 0.25) is 10.0 Å². The standard InChI is InChI=1S/C24H37ClN2O5S.C6H5Cl.C4H8/c1-24(2,3)32-22(29)16-26-15-18(10-11-21(26)28)23(30)27(17-31-12-13-33(4,5)6)20-9-7-8-19(25)14-20;7-6-4-2-1-3-5-6;1-3-4-2/h7-9,14,18H,10-13,15-17H2,1-6H3;1-5H;3H,1,4H2,2H3. The van der Waals surface area contributed by atoms with Crippen LogP contribution >= 0.6 is 33.2 Å². The van der Waals surface area contributed by atoms with Gasteiger partial charge in [-0.3, -0.25) is 19.3 Å². The van der Waals surface area contributed by atoms with Crippen LogP contribution in [-0.2, 0) is 23.9 Å². The average molecular weight is 670 g/mol. The summed E-state index contributed by atoms with van der Waals surface area (Å²) in [6, 6.07) is 16.5. The second-order valence-corrected chi connectivity index (χ2v) is 17.6. The van der Waals surface area contributed by atoms with Crippen LogP contribution in [0.15, 0.2) is 67.3 Å². The van der Waals surface area contributed by atoms with Gasteiger partial charge in [-0.1, -0.05) is 60.5 Å². The molecular formula is C34H50Cl2N2O5S. The van der Waals surface area contributed by atoms with E-state index in [0.29, 0.717) is 23.7 Å². The van der Waals surface area contributed by atoms with Gasteiger partial charge in [-0.2, -0.15) is 0 Å². The number of allylic oxidation sites excluding steroid dienone is 1. The summed E-state index contributed by atoms with van der Waals surface area (Å²) in [4.78, 5) is 41.2. The molecule has 1 aliphatic heterocycles. The van der Waals surface area contributed by atoms with E-state index >= 15 is 0 Å². The first-order valence-electron chi connectivity index (χ1n) is 14.7. The largest absolute Gasteiger partial charge is 0.459 e. The molecule has 0 bridgehead atoms. The number of halogens is 2. The minimum atomic E-state index is -0.710. The lowest BCUT2D eigenvalue weighted by Crippen LogP contribution is -2.49. The normalized spacial score (nSPS) is 15.2. The Balaban J connectivity index is 0.000000738. The third-order valence-electron chi connectivity index (χ3n) is 6.06. The fraction of sp³-hybridized carbons (Fsp3) is 0.500. The smallest absolute Gasteiger partial charge is 0.326 e. The van der Waals surface area contributed by atoms with E-state index in [1.807, 2.05) is 42.5 Å². The number of carbonyl (C=O) groups is 3. The highest BCUT2D eigenvalue weighted by molar-refractivity contribution is 8.32. The van der Waals surface area contributed by atoms with E-state index in [1.165, 1.54) is 4.90 Å². The van der Waals surface area contributed by atoms with Crippen LogP contribution in [0.5, 0.6) is 0 Å². The lowest BCUT2D eigenvalue weighted by molar-refractivity contribution is -0.160. The van der Waals surface area contributed by atoms with Gasteiger partial charge in [0.25, 0.3) is 0 Å². The number of piperidine rings is 1. The van der Waals surface area contributed by atoms with Crippen LogP contribution in [0.25, 0.3) is 0 Å². The summed E-state index contributed by atoms with van der Waals surface area (Å²) in [5.41, 5.74) is 0.00636. The van der Waals surface area contributed by atoms with Crippen molar-refractivity contribution < 1.29 is 23.9 Å². The van der Waals surface area contributed by atoms with Crippen LogP contribution in [0.3, 0.4) is 0 Å². The molecule has 246 valence electrons. The molecule has 1 saturated heterocycles. The number of rotatable bonds is 10. The van der Waals surface area contributed by atoms with Crippen LogP contribution < -0.4 is 4.90 Å². The fourth-order valence-corrected chi connectivity index (χ4v) is 4.76. The minimum Gasteiger partial charge on any atom is -0.459 e. The monoisotopic (exact) mass is 668 g/mol. The lowest BCUT2D eigenvalue weighted by Gasteiger charge is -2.35. The van der Waals surface area contributed by atoms with Gasteiger partial charge in [0, 0.05) is 34.5 Å². The van der Waals surface area contributed by atoms with E-state index in [1.54, 1.807) is 43.9 Å². The Kier molecular flexibility index (Phi) is 17.8. The summed E-state index contributed by atoms with van der Waals surface area (Å²) in [6.45, 7) is 11.5. The zero-order chi connectivity index (χ0) is 33.3. The SMILES string of the molecule is C=CCC.CC(C)(C)OC(=O)CN1CC(C(=O)N(COCCS(C)(C)C)c2cccc(Cl)c2)CCC1=O.Clc1ccccc1. The summed E-state index contributed by atoms with van der Waals surface area (Å²) >= 11 is 11.7. The maximum absolute atomic E-state index is 13.5. The summed E-state index contributed by atoms with van der Waals surface area (Å²) in [7, 11) is -0.710. The van der Waals surface area contributed by atoms with E-state index < -0.39 is 27.5 Å². The molecule has 44 heavy (non-hydrogen) atoms. The number of benzene rings is 2. The maximum Gasteiger partial charge on any atom is 0.326 e.